The van der Waals surface area contributed by atoms with Gasteiger partial charge in [-0.3, -0.25) is 9.78 Å². The molecular formula is C13H17N3O2S. The van der Waals surface area contributed by atoms with Gasteiger partial charge in [0.2, 0.25) is 0 Å². The Morgan fingerprint density at radius 3 is 2.89 bits per heavy atom. The lowest BCUT2D eigenvalue weighted by Crippen LogP contribution is -2.20. The summed E-state index contributed by atoms with van der Waals surface area (Å²) in [5.74, 6) is 0. The van der Waals surface area contributed by atoms with Gasteiger partial charge in [0, 0.05) is 17.8 Å². The van der Waals surface area contributed by atoms with Crippen LogP contribution < -0.4 is 5.56 Å². The highest BCUT2D eigenvalue weighted by Crippen LogP contribution is 2.15. The van der Waals surface area contributed by atoms with E-state index >= 15 is 0 Å². The van der Waals surface area contributed by atoms with E-state index in [1.807, 2.05) is 26.2 Å². The summed E-state index contributed by atoms with van der Waals surface area (Å²) in [6, 6.07) is 0. The molecule has 0 bridgehead atoms. The van der Waals surface area contributed by atoms with Gasteiger partial charge in [0.05, 0.1) is 30.6 Å². The molecule has 0 atom stereocenters. The van der Waals surface area contributed by atoms with Gasteiger partial charge in [0.1, 0.15) is 5.01 Å². The smallest absolute Gasteiger partial charge is 0.269 e. The Labute approximate surface area is 115 Å². The van der Waals surface area contributed by atoms with Gasteiger partial charge in [-0.15, -0.1) is 11.3 Å². The van der Waals surface area contributed by atoms with E-state index in [1.54, 1.807) is 28.3 Å². The zero-order valence-electron chi connectivity index (χ0n) is 11.3. The van der Waals surface area contributed by atoms with Crippen LogP contribution in [0.2, 0.25) is 0 Å². The highest BCUT2D eigenvalue weighted by Gasteiger charge is 2.12. The Hall–Kier alpha value is -1.53. The fraction of sp³-hybridized carbons (Fsp3) is 0.462. The molecule has 0 unspecified atom stereocenters. The SMILES string of the molecule is CC(C)(C)OCc1nc(Cn2ccncc2=O)cs1. The number of aromatic nitrogens is 3. The van der Waals surface area contributed by atoms with E-state index < -0.39 is 0 Å². The van der Waals surface area contributed by atoms with E-state index in [2.05, 4.69) is 9.97 Å². The average Bonchev–Trinajstić information content (AvgIpc) is 2.77. The lowest BCUT2D eigenvalue weighted by Gasteiger charge is -2.18. The molecule has 0 radical (unpaired) electrons. The molecule has 19 heavy (non-hydrogen) atoms. The maximum atomic E-state index is 11.5. The number of ether oxygens (including phenoxy) is 1. The fourth-order valence-corrected chi connectivity index (χ4v) is 2.14. The van der Waals surface area contributed by atoms with E-state index in [-0.39, 0.29) is 11.2 Å². The molecular weight excluding hydrogens is 262 g/mol. The predicted octanol–water partition coefficient (Wildman–Crippen LogP) is 2.06. The van der Waals surface area contributed by atoms with Gasteiger partial charge >= 0.3 is 0 Å². The number of nitrogens with zero attached hydrogens (tertiary/aromatic N) is 3. The zero-order valence-corrected chi connectivity index (χ0v) is 12.1. The average molecular weight is 279 g/mol. The third-order valence-corrected chi connectivity index (χ3v) is 3.23. The van der Waals surface area contributed by atoms with Crippen molar-refractivity contribution >= 4 is 11.3 Å². The number of hydrogen-bond donors (Lipinski definition) is 0. The first kappa shape index (κ1) is 13.9. The molecule has 0 fully saturated rings. The van der Waals surface area contributed by atoms with Gasteiger partial charge in [0.15, 0.2) is 0 Å². The number of rotatable bonds is 4. The molecule has 0 saturated carbocycles. The molecule has 2 heterocycles. The van der Waals surface area contributed by atoms with E-state index in [1.165, 1.54) is 6.20 Å². The summed E-state index contributed by atoms with van der Waals surface area (Å²) < 4.78 is 7.25. The molecule has 0 N–H and O–H groups in total. The van der Waals surface area contributed by atoms with Crippen LogP contribution in [-0.2, 0) is 17.9 Å². The van der Waals surface area contributed by atoms with Gasteiger partial charge in [-0.05, 0) is 20.8 Å². The van der Waals surface area contributed by atoms with Crippen molar-refractivity contribution in [2.75, 3.05) is 0 Å². The van der Waals surface area contributed by atoms with Crippen LogP contribution in [0.4, 0.5) is 0 Å². The molecule has 6 heteroatoms. The molecule has 0 aliphatic rings. The zero-order chi connectivity index (χ0) is 13.9. The maximum Gasteiger partial charge on any atom is 0.269 e. The largest absolute Gasteiger partial charge is 0.369 e. The first-order chi connectivity index (χ1) is 8.94. The van der Waals surface area contributed by atoms with Crippen LogP contribution in [-0.4, -0.2) is 20.1 Å². The summed E-state index contributed by atoms with van der Waals surface area (Å²) in [4.78, 5) is 19.8. The summed E-state index contributed by atoms with van der Waals surface area (Å²) in [6.07, 6.45) is 4.56. The highest BCUT2D eigenvalue weighted by atomic mass is 32.1. The second kappa shape index (κ2) is 5.63. The maximum absolute atomic E-state index is 11.5. The molecule has 0 amide bonds. The Bertz CT molecular complexity index is 598. The number of thiazole rings is 1. The lowest BCUT2D eigenvalue weighted by molar-refractivity contribution is -0.0150. The monoisotopic (exact) mass is 279 g/mol. The van der Waals surface area contributed by atoms with E-state index in [9.17, 15) is 4.79 Å². The summed E-state index contributed by atoms with van der Waals surface area (Å²) in [5, 5.41) is 2.88. The minimum Gasteiger partial charge on any atom is -0.369 e. The first-order valence-electron chi connectivity index (χ1n) is 6.02. The molecule has 2 rings (SSSR count). The minimum atomic E-state index is -0.173. The number of hydrogen-bond acceptors (Lipinski definition) is 5. The Morgan fingerprint density at radius 1 is 1.42 bits per heavy atom. The van der Waals surface area contributed by atoms with Crippen LogP contribution in [0, 0.1) is 0 Å². The highest BCUT2D eigenvalue weighted by molar-refractivity contribution is 7.09. The van der Waals surface area contributed by atoms with Gasteiger partial charge in [-0.25, -0.2) is 4.98 Å². The topological polar surface area (TPSA) is 57.0 Å². The minimum absolute atomic E-state index is 0.122. The molecule has 2 aromatic heterocycles. The van der Waals surface area contributed by atoms with Gasteiger partial charge in [0.25, 0.3) is 5.56 Å². The molecule has 0 aliphatic carbocycles. The normalized spacial score (nSPS) is 11.7. The van der Waals surface area contributed by atoms with Gasteiger partial charge < -0.3 is 9.30 Å². The Kier molecular flexibility index (Phi) is 4.11. The van der Waals surface area contributed by atoms with Gasteiger partial charge in [-0.2, -0.15) is 0 Å². The summed E-state index contributed by atoms with van der Waals surface area (Å²) in [6.45, 7) is 7.00. The van der Waals surface area contributed by atoms with Crippen molar-refractivity contribution in [3.05, 3.63) is 45.0 Å². The van der Waals surface area contributed by atoms with Crippen molar-refractivity contribution in [1.29, 1.82) is 0 Å². The fourth-order valence-electron chi connectivity index (χ4n) is 1.44. The third-order valence-electron chi connectivity index (χ3n) is 2.36. The van der Waals surface area contributed by atoms with Crippen LogP contribution in [0.15, 0.2) is 28.8 Å². The van der Waals surface area contributed by atoms with Crippen LogP contribution in [0.25, 0.3) is 0 Å². The molecule has 5 nitrogen and oxygen atoms in total. The van der Waals surface area contributed by atoms with Gasteiger partial charge in [-0.1, -0.05) is 0 Å². The van der Waals surface area contributed by atoms with Crippen molar-refractivity contribution in [3.8, 4) is 0 Å². The van der Waals surface area contributed by atoms with E-state index in [0.717, 1.165) is 10.7 Å². The summed E-state index contributed by atoms with van der Waals surface area (Å²) >= 11 is 1.55. The van der Waals surface area contributed by atoms with E-state index in [4.69, 9.17) is 4.74 Å². The first-order valence-corrected chi connectivity index (χ1v) is 6.90. The summed E-state index contributed by atoms with van der Waals surface area (Å²) in [7, 11) is 0. The van der Waals surface area contributed by atoms with E-state index in [0.29, 0.717) is 13.2 Å². The third kappa shape index (κ3) is 4.25. The second-order valence-electron chi connectivity index (χ2n) is 5.18. The van der Waals surface area contributed by atoms with Crippen LogP contribution >= 0.6 is 11.3 Å². The van der Waals surface area contributed by atoms with Crippen LogP contribution in [0.5, 0.6) is 0 Å². The standard InChI is InChI=1S/C13H17N3O2S/c1-13(2,3)18-8-11-15-10(9-19-11)7-16-5-4-14-6-12(16)17/h4-6,9H,7-8H2,1-3H3. The molecule has 0 aromatic carbocycles. The molecule has 2 aromatic rings. The Morgan fingerprint density at radius 2 is 2.21 bits per heavy atom. The van der Waals surface area contributed by atoms with Crippen molar-refractivity contribution in [2.24, 2.45) is 0 Å². The quantitative estimate of drug-likeness (QED) is 0.859. The molecule has 0 aliphatic heterocycles. The van der Waals surface area contributed by atoms with Crippen LogP contribution in [0.3, 0.4) is 0 Å². The molecule has 102 valence electrons. The second-order valence-corrected chi connectivity index (χ2v) is 6.12. The van der Waals surface area contributed by atoms with Crippen molar-refractivity contribution in [1.82, 2.24) is 14.5 Å². The molecule has 0 spiro atoms. The predicted molar refractivity (Wildman–Crippen MR) is 74.3 cm³/mol. The van der Waals surface area contributed by atoms with Crippen molar-refractivity contribution in [2.45, 2.75) is 39.5 Å². The van der Waals surface area contributed by atoms with Crippen LogP contribution in [0.1, 0.15) is 31.5 Å². The lowest BCUT2D eigenvalue weighted by atomic mass is 10.2. The summed E-state index contributed by atoms with van der Waals surface area (Å²) in [5.41, 5.74) is 0.572. The van der Waals surface area contributed by atoms with Crippen molar-refractivity contribution < 1.29 is 4.74 Å². The Balaban J connectivity index is 2.02. The van der Waals surface area contributed by atoms with Crippen molar-refractivity contribution in [3.63, 3.8) is 0 Å². The molecule has 0 saturated heterocycles.